The smallest absolute Gasteiger partial charge is 0.00104 e. The molecule has 4 aromatic rings. The van der Waals surface area contributed by atoms with Gasteiger partial charge in [0, 0.05) is 0 Å². The predicted octanol–water partition coefficient (Wildman–Crippen LogP) is 6.39. The third kappa shape index (κ3) is 1.93. The van der Waals surface area contributed by atoms with Gasteiger partial charge < -0.3 is 0 Å². The van der Waals surface area contributed by atoms with Crippen LogP contribution >= 0.6 is 0 Å². The average Bonchev–Trinajstić information content (AvgIpc) is 2.99. The summed E-state index contributed by atoms with van der Waals surface area (Å²) in [6, 6.07) is 28.7. The van der Waals surface area contributed by atoms with Gasteiger partial charge in [0.1, 0.15) is 0 Å². The molecule has 5 rings (SSSR count). The van der Waals surface area contributed by atoms with Gasteiger partial charge in [-0.2, -0.15) is 0 Å². The molecule has 4 aromatic carbocycles. The van der Waals surface area contributed by atoms with E-state index in [1.54, 1.807) is 0 Å². The highest BCUT2D eigenvalue weighted by Gasteiger charge is 2.22. The van der Waals surface area contributed by atoms with Crippen LogP contribution in [0.1, 0.15) is 16.7 Å². The van der Waals surface area contributed by atoms with Gasteiger partial charge in [0.15, 0.2) is 0 Å². The van der Waals surface area contributed by atoms with Gasteiger partial charge in [0.2, 0.25) is 0 Å². The summed E-state index contributed by atoms with van der Waals surface area (Å²) in [7, 11) is 0. The van der Waals surface area contributed by atoms with Crippen molar-refractivity contribution in [2.75, 3.05) is 0 Å². The van der Waals surface area contributed by atoms with Crippen molar-refractivity contribution in [1.29, 1.82) is 0 Å². The minimum atomic E-state index is 1.04. The second-order valence-electron chi connectivity index (χ2n) is 6.66. The molecule has 1 aliphatic rings. The standard InChI is InChI=1S/C24H18/c1-16-21(17-7-3-2-4-8-17)11-12-22-23(16)15-20-13-18-9-5-6-10-19(18)14-24(20)22/h2-14H,15H2,1H3. The van der Waals surface area contributed by atoms with Gasteiger partial charge >= 0.3 is 0 Å². The zero-order valence-electron chi connectivity index (χ0n) is 13.7. The van der Waals surface area contributed by atoms with Crippen molar-refractivity contribution >= 4 is 10.8 Å². The molecule has 0 nitrogen and oxygen atoms in total. The molecular weight excluding hydrogens is 288 g/mol. The molecule has 1 aliphatic carbocycles. The summed E-state index contributed by atoms with van der Waals surface area (Å²) >= 11 is 0. The third-order valence-electron chi connectivity index (χ3n) is 5.31. The maximum absolute atomic E-state index is 2.37. The largest absolute Gasteiger partial charge is 0.0622 e. The summed E-state index contributed by atoms with van der Waals surface area (Å²) in [6.45, 7) is 2.27. The van der Waals surface area contributed by atoms with E-state index < -0.39 is 0 Å². The second kappa shape index (κ2) is 5.07. The molecule has 0 aliphatic heterocycles. The molecule has 0 spiro atoms. The predicted molar refractivity (Wildman–Crippen MR) is 102 cm³/mol. The highest BCUT2D eigenvalue weighted by Crippen LogP contribution is 2.42. The van der Waals surface area contributed by atoms with Crippen molar-refractivity contribution < 1.29 is 0 Å². The molecule has 0 fully saturated rings. The average molecular weight is 306 g/mol. The number of hydrogen-bond acceptors (Lipinski definition) is 0. The van der Waals surface area contributed by atoms with E-state index in [4.69, 9.17) is 0 Å². The molecule has 0 aromatic heterocycles. The maximum atomic E-state index is 2.37. The molecule has 0 saturated carbocycles. The van der Waals surface area contributed by atoms with Gasteiger partial charge in [-0.15, -0.1) is 0 Å². The lowest BCUT2D eigenvalue weighted by molar-refractivity contribution is 1.22. The number of benzene rings is 4. The number of rotatable bonds is 1. The van der Waals surface area contributed by atoms with Crippen LogP contribution in [-0.2, 0) is 6.42 Å². The van der Waals surface area contributed by atoms with E-state index in [2.05, 4.69) is 85.8 Å². The maximum Gasteiger partial charge on any atom is -0.00104 e. The molecule has 0 heteroatoms. The fourth-order valence-electron chi connectivity index (χ4n) is 4.04. The van der Waals surface area contributed by atoms with Gasteiger partial charge in [-0.05, 0) is 69.1 Å². The first-order chi connectivity index (χ1) is 11.8. The van der Waals surface area contributed by atoms with E-state index in [0.29, 0.717) is 0 Å². The van der Waals surface area contributed by atoms with Crippen molar-refractivity contribution in [1.82, 2.24) is 0 Å². The van der Waals surface area contributed by atoms with Gasteiger partial charge in [0.25, 0.3) is 0 Å². The Labute approximate surface area is 142 Å². The lowest BCUT2D eigenvalue weighted by atomic mass is 9.93. The summed E-state index contributed by atoms with van der Waals surface area (Å²) in [5.74, 6) is 0. The Morgan fingerprint density at radius 1 is 0.625 bits per heavy atom. The molecule has 0 unspecified atom stereocenters. The molecule has 0 saturated heterocycles. The molecule has 0 atom stereocenters. The van der Waals surface area contributed by atoms with Crippen LogP contribution in [0.15, 0.2) is 78.9 Å². The van der Waals surface area contributed by atoms with Gasteiger partial charge in [0.05, 0.1) is 0 Å². The van der Waals surface area contributed by atoms with Crippen LogP contribution in [0.4, 0.5) is 0 Å². The van der Waals surface area contributed by atoms with Crippen molar-refractivity contribution in [3.05, 3.63) is 95.6 Å². The Kier molecular flexibility index (Phi) is 2.87. The van der Waals surface area contributed by atoms with E-state index >= 15 is 0 Å². The minimum absolute atomic E-state index is 1.04. The zero-order valence-corrected chi connectivity index (χ0v) is 13.7. The third-order valence-corrected chi connectivity index (χ3v) is 5.31. The molecule has 0 heterocycles. The molecule has 0 radical (unpaired) electrons. The van der Waals surface area contributed by atoms with E-state index in [-0.39, 0.29) is 0 Å². The fourth-order valence-corrected chi connectivity index (χ4v) is 4.04. The SMILES string of the molecule is Cc1c(-c2ccccc2)ccc2c1Cc1cc3ccccc3cc1-2. The van der Waals surface area contributed by atoms with E-state index in [0.717, 1.165) is 6.42 Å². The lowest BCUT2D eigenvalue weighted by Crippen LogP contribution is -1.91. The van der Waals surface area contributed by atoms with E-state index in [1.807, 2.05) is 0 Å². The van der Waals surface area contributed by atoms with Crippen LogP contribution in [0, 0.1) is 6.92 Å². The Bertz CT molecular complexity index is 1070. The van der Waals surface area contributed by atoms with E-state index in [1.165, 1.54) is 49.7 Å². The van der Waals surface area contributed by atoms with Crippen molar-refractivity contribution in [3.63, 3.8) is 0 Å². The monoisotopic (exact) mass is 306 g/mol. The quantitative estimate of drug-likeness (QED) is 0.337. The molecule has 0 amide bonds. The molecular formula is C24H18. The van der Waals surface area contributed by atoms with Crippen LogP contribution in [0.5, 0.6) is 0 Å². The van der Waals surface area contributed by atoms with Gasteiger partial charge in [-0.1, -0.05) is 72.8 Å². The Morgan fingerprint density at radius 2 is 1.29 bits per heavy atom. The summed E-state index contributed by atoms with van der Waals surface area (Å²) in [4.78, 5) is 0. The summed E-state index contributed by atoms with van der Waals surface area (Å²) in [6.07, 6.45) is 1.04. The number of hydrogen-bond donors (Lipinski definition) is 0. The first-order valence-corrected chi connectivity index (χ1v) is 8.51. The second-order valence-corrected chi connectivity index (χ2v) is 6.66. The summed E-state index contributed by atoms with van der Waals surface area (Å²) < 4.78 is 0. The number of fused-ring (bicyclic) bond motifs is 4. The fraction of sp³-hybridized carbons (Fsp3) is 0.0833. The summed E-state index contributed by atoms with van der Waals surface area (Å²) in [5.41, 5.74) is 9.84. The van der Waals surface area contributed by atoms with Crippen LogP contribution in [0.25, 0.3) is 33.0 Å². The highest BCUT2D eigenvalue weighted by atomic mass is 14.3. The van der Waals surface area contributed by atoms with Crippen molar-refractivity contribution in [2.24, 2.45) is 0 Å². The highest BCUT2D eigenvalue weighted by molar-refractivity contribution is 5.93. The first-order valence-electron chi connectivity index (χ1n) is 8.51. The Balaban J connectivity index is 1.72. The van der Waals surface area contributed by atoms with Crippen molar-refractivity contribution in [2.45, 2.75) is 13.3 Å². The zero-order chi connectivity index (χ0) is 16.1. The van der Waals surface area contributed by atoms with Crippen LogP contribution in [-0.4, -0.2) is 0 Å². The molecule has 0 bridgehead atoms. The summed E-state index contributed by atoms with van der Waals surface area (Å²) in [5, 5.41) is 2.67. The van der Waals surface area contributed by atoms with Gasteiger partial charge in [-0.3, -0.25) is 0 Å². The molecule has 114 valence electrons. The lowest BCUT2D eigenvalue weighted by Gasteiger charge is -2.11. The molecule has 24 heavy (non-hydrogen) atoms. The van der Waals surface area contributed by atoms with Crippen LogP contribution in [0.3, 0.4) is 0 Å². The first kappa shape index (κ1) is 13.6. The van der Waals surface area contributed by atoms with Gasteiger partial charge in [-0.25, -0.2) is 0 Å². The normalized spacial score (nSPS) is 12.2. The Hall–Kier alpha value is -2.86. The molecule has 0 N–H and O–H groups in total. The van der Waals surface area contributed by atoms with Crippen LogP contribution in [0.2, 0.25) is 0 Å². The van der Waals surface area contributed by atoms with E-state index in [9.17, 15) is 0 Å². The minimum Gasteiger partial charge on any atom is -0.0622 e. The Morgan fingerprint density at radius 3 is 2.08 bits per heavy atom. The topological polar surface area (TPSA) is 0 Å². The van der Waals surface area contributed by atoms with Crippen LogP contribution < -0.4 is 0 Å². The van der Waals surface area contributed by atoms with Crippen molar-refractivity contribution in [3.8, 4) is 22.3 Å².